The minimum absolute atomic E-state index is 0.0859. The Labute approximate surface area is 235 Å². The number of hydrogen-bond acceptors (Lipinski definition) is 6. The Kier molecular flexibility index (Phi) is 12.2. The summed E-state index contributed by atoms with van der Waals surface area (Å²) in [5.74, 6) is 1.49. The fraction of sp³-hybridized carbons (Fsp3) is 0.387. The molecule has 0 spiro atoms. The van der Waals surface area contributed by atoms with Gasteiger partial charge in [-0.1, -0.05) is 69.3 Å². The van der Waals surface area contributed by atoms with Crippen molar-refractivity contribution in [2.24, 2.45) is 5.92 Å². The molecule has 3 atom stereocenters. The van der Waals surface area contributed by atoms with Crippen LogP contribution in [0.4, 0.5) is 0 Å². The summed E-state index contributed by atoms with van der Waals surface area (Å²) in [6.45, 7) is 5.84. The van der Waals surface area contributed by atoms with Gasteiger partial charge >= 0.3 is 0 Å². The molecular weight excluding hydrogens is 512 g/mol. The first kappa shape index (κ1) is 30.0. The number of carbonyl (C=O) groups is 3. The van der Waals surface area contributed by atoms with Crippen LogP contribution in [0.2, 0.25) is 0 Å². The van der Waals surface area contributed by atoms with E-state index in [4.69, 9.17) is 9.15 Å². The van der Waals surface area contributed by atoms with Gasteiger partial charge in [-0.25, -0.2) is 0 Å². The average molecular weight is 551 g/mol. The molecule has 0 aliphatic carbocycles. The van der Waals surface area contributed by atoms with Gasteiger partial charge in [0.05, 0.1) is 23.8 Å². The zero-order valence-electron chi connectivity index (χ0n) is 22.8. The van der Waals surface area contributed by atoms with Gasteiger partial charge in [0.25, 0.3) is 5.91 Å². The largest absolute Gasteiger partial charge is 0.481 e. The highest BCUT2D eigenvalue weighted by molar-refractivity contribution is 7.99. The highest BCUT2D eigenvalue weighted by Crippen LogP contribution is 2.16. The van der Waals surface area contributed by atoms with Crippen LogP contribution in [0.1, 0.15) is 44.9 Å². The predicted octanol–water partition coefficient (Wildman–Crippen LogP) is 5.20. The van der Waals surface area contributed by atoms with Gasteiger partial charge in [-0.3, -0.25) is 14.4 Å². The molecule has 7 nitrogen and oxygen atoms in total. The molecule has 1 unspecified atom stereocenters. The van der Waals surface area contributed by atoms with Crippen LogP contribution in [0.15, 0.2) is 83.5 Å². The van der Waals surface area contributed by atoms with Crippen molar-refractivity contribution in [3.05, 3.63) is 90.4 Å². The summed E-state index contributed by atoms with van der Waals surface area (Å²) in [5.41, 5.74) is 0.943. The molecule has 1 heterocycles. The zero-order valence-corrected chi connectivity index (χ0v) is 23.6. The summed E-state index contributed by atoms with van der Waals surface area (Å²) < 4.78 is 11.2. The molecule has 0 saturated heterocycles. The van der Waals surface area contributed by atoms with Crippen LogP contribution < -0.4 is 15.4 Å². The number of amides is 2. The smallest absolute Gasteiger partial charge is 0.261 e. The lowest BCUT2D eigenvalue weighted by atomic mass is 9.99. The number of rotatable bonds is 16. The fourth-order valence-corrected chi connectivity index (χ4v) is 4.94. The molecule has 3 aromatic rings. The highest BCUT2D eigenvalue weighted by atomic mass is 32.2. The van der Waals surface area contributed by atoms with Crippen LogP contribution in [-0.2, 0) is 26.6 Å². The molecule has 0 aliphatic rings. The van der Waals surface area contributed by atoms with E-state index in [1.54, 1.807) is 18.4 Å². The molecule has 0 saturated carbocycles. The Balaban J connectivity index is 1.69. The van der Waals surface area contributed by atoms with Crippen molar-refractivity contribution in [3.63, 3.8) is 0 Å². The summed E-state index contributed by atoms with van der Waals surface area (Å²) in [4.78, 5) is 39.9. The lowest BCUT2D eigenvalue weighted by molar-refractivity contribution is -0.134. The van der Waals surface area contributed by atoms with Crippen molar-refractivity contribution in [3.8, 4) is 5.75 Å². The third-order valence-corrected chi connectivity index (χ3v) is 7.06. The number of carbonyl (C=O) groups excluding carboxylic acids is 3. The second-order valence-electron chi connectivity index (χ2n) is 9.81. The minimum atomic E-state index is -0.798. The van der Waals surface area contributed by atoms with Crippen molar-refractivity contribution in [1.82, 2.24) is 10.6 Å². The van der Waals surface area contributed by atoms with E-state index in [2.05, 4.69) is 10.6 Å². The number of nitrogens with one attached hydrogen (secondary N) is 2. The summed E-state index contributed by atoms with van der Waals surface area (Å²) >= 11 is 1.44. The van der Waals surface area contributed by atoms with Crippen molar-refractivity contribution >= 4 is 29.4 Å². The Morgan fingerprint density at radius 1 is 0.872 bits per heavy atom. The van der Waals surface area contributed by atoms with Crippen LogP contribution >= 0.6 is 11.8 Å². The molecule has 8 heteroatoms. The van der Waals surface area contributed by atoms with Crippen LogP contribution in [0.5, 0.6) is 5.75 Å². The maximum Gasteiger partial charge on any atom is 0.261 e. The van der Waals surface area contributed by atoms with Crippen molar-refractivity contribution in [2.75, 3.05) is 5.75 Å². The molecule has 0 fully saturated rings. The van der Waals surface area contributed by atoms with Crippen molar-refractivity contribution in [2.45, 2.75) is 64.0 Å². The molecule has 2 N–H and O–H groups in total. The normalized spacial score (nSPS) is 13.3. The minimum Gasteiger partial charge on any atom is -0.481 e. The van der Waals surface area contributed by atoms with E-state index in [9.17, 15) is 14.4 Å². The Bertz CT molecular complexity index is 1150. The second-order valence-corrected chi connectivity index (χ2v) is 10.8. The predicted molar refractivity (Wildman–Crippen MR) is 154 cm³/mol. The maximum absolute atomic E-state index is 13.5. The fourth-order valence-electron chi connectivity index (χ4n) is 4.07. The van der Waals surface area contributed by atoms with Gasteiger partial charge in [0.1, 0.15) is 17.6 Å². The van der Waals surface area contributed by atoms with Gasteiger partial charge < -0.3 is 19.8 Å². The first-order valence-corrected chi connectivity index (χ1v) is 14.5. The molecule has 39 heavy (non-hydrogen) atoms. The van der Waals surface area contributed by atoms with Crippen molar-refractivity contribution in [1.29, 1.82) is 0 Å². The summed E-state index contributed by atoms with van der Waals surface area (Å²) in [6, 6.07) is 20.9. The molecule has 0 aliphatic heterocycles. The van der Waals surface area contributed by atoms with E-state index >= 15 is 0 Å². The Morgan fingerprint density at radius 2 is 1.54 bits per heavy atom. The van der Waals surface area contributed by atoms with Crippen LogP contribution in [0, 0.1) is 5.92 Å². The number of hydrogen-bond donors (Lipinski definition) is 2. The van der Waals surface area contributed by atoms with Gasteiger partial charge in [0.2, 0.25) is 5.91 Å². The summed E-state index contributed by atoms with van der Waals surface area (Å²) in [7, 11) is 0. The average Bonchev–Trinajstić information content (AvgIpc) is 3.45. The van der Waals surface area contributed by atoms with Gasteiger partial charge in [0, 0.05) is 0 Å². The molecular formula is C31H38N2O5S. The van der Waals surface area contributed by atoms with Crippen LogP contribution in [-0.4, -0.2) is 41.5 Å². The molecule has 0 radical (unpaired) electrons. The lowest BCUT2D eigenvalue weighted by Gasteiger charge is -2.26. The van der Waals surface area contributed by atoms with Gasteiger partial charge in [-0.15, -0.1) is 11.8 Å². The second kappa shape index (κ2) is 15.8. The molecule has 208 valence electrons. The number of furan rings is 1. The molecule has 3 rings (SSSR count). The molecule has 2 amide bonds. The quantitative estimate of drug-likeness (QED) is 0.255. The standard InChI is InChI=1S/C31H38N2O5S/c1-4-29(38-24-14-9-6-10-15-24)31(36)33-27(18-22(2)3)30(35)32-26(19-23-12-7-5-8-13-23)28(34)21-39-20-25-16-11-17-37-25/h5-17,22,26-27,29H,4,18-21H2,1-3H3,(H,32,35)(H,33,36)/t26-,27?,29-/m0/s1. The monoisotopic (exact) mass is 550 g/mol. The first-order valence-electron chi connectivity index (χ1n) is 13.3. The molecule has 2 aromatic carbocycles. The van der Waals surface area contributed by atoms with Crippen molar-refractivity contribution < 1.29 is 23.5 Å². The number of Topliss-reactive ketones (excluding diaryl/α,β-unsaturated/α-hetero) is 1. The van der Waals surface area contributed by atoms with E-state index in [0.717, 1.165) is 11.3 Å². The third kappa shape index (κ3) is 10.3. The SMILES string of the molecule is CC[C@H](Oc1ccccc1)C(=O)NC(CC(C)C)C(=O)N[C@@H](Cc1ccccc1)C(=O)CSCc1ccco1. The Morgan fingerprint density at radius 3 is 2.15 bits per heavy atom. The number of benzene rings is 2. The van der Waals surface area contributed by atoms with E-state index in [0.29, 0.717) is 30.8 Å². The highest BCUT2D eigenvalue weighted by Gasteiger charge is 2.30. The van der Waals surface area contributed by atoms with E-state index < -0.39 is 18.2 Å². The number of ether oxygens (including phenoxy) is 1. The van der Waals surface area contributed by atoms with Gasteiger partial charge in [-0.05, 0) is 55.0 Å². The number of ketones is 1. The van der Waals surface area contributed by atoms with Gasteiger partial charge in [-0.2, -0.15) is 0 Å². The topological polar surface area (TPSA) is 97.6 Å². The van der Waals surface area contributed by atoms with E-state index in [-0.39, 0.29) is 29.3 Å². The number of para-hydroxylation sites is 1. The lowest BCUT2D eigenvalue weighted by Crippen LogP contribution is -2.54. The summed E-state index contributed by atoms with van der Waals surface area (Å²) in [5, 5.41) is 5.83. The third-order valence-electron chi connectivity index (χ3n) is 6.08. The zero-order chi connectivity index (χ0) is 28.0. The molecule has 1 aromatic heterocycles. The van der Waals surface area contributed by atoms with Crippen LogP contribution in [0.25, 0.3) is 0 Å². The van der Waals surface area contributed by atoms with E-state index in [1.165, 1.54) is 11.8 Å². The maximum atomic E-state index is 13.5. The van der Waals surface area contributed by atoms with Crippen LogP contribution in [0.3, 0.4) is 0 Å². The van der Waals surface area contributed by atoms with E-state index in [1.807, 2.05) is 81.4 Å². The first-order chi connectivity index (χ1) is 18.9. The number of thioether (sulfide) groups is 1. The summed E-state index contributed by atoms with van der Waals surface area (Å²) in [6.07, 6.45) is 2.10. The van der Waals surface area contributed by atoms with Gasteiger partial charge in [0.15, 0.2) is 11.9 Å². The Hall–Kier alpha value is -3.52. The molecule has 0 bridgehead atoms.